The maximum atomic E-state index is 10.3. The summed E-state index contributed by atoms with van der Waals surface area (Å²) in [6, 6.07) is 0. The van der Waals surface area contributed by atoms with E-state index in [1.807, 2.05) is 0 Å². The standard InChI is InChI=1S/C13H24O3/c14-12-9-7-11(8-10-12)5-3-1-2-4-6-13(15)16/h11-12,14H,1-10H2,(H,15,16). The van der Waals surface area contributed by atoms with Gasteiger partial charge in [0.15, 0.2) is 0 Å². The molecule has 0 unspecified atom stereocenters. The van der Waals surface area contributed by atoms with E-state index in [0.29, 0.717) is 6.42 Å². The Hall–Kier alpha value is -0.570. The summed E-state index contributed by atoms with van der Waals surface area (Å²) in [5.74, 6) is 0.129. The molecule has 1 fully saturated rings. The average molecular weight is 228 g/mol. The number of carboxylic acid groups (broad SMARTS) is 1. The van der Waals surface area contributed by atoms with Gasteiger partial charge >= 0.3 is 5.97 Å². The molecule has 94 valence electrons. The predicted octanol–water partition coefficient (Wildman–Crippen LogP) is 2.96. The Balaban J connectivity index is 1.89. The zero-order chi connectivity index (χ0) is 11.8. The van der Waals surface area contributed by atoms with E-state index < -0.39 is 5.97 Å². The Morgan fingerprint density at radius 3 is 2.25 bits per heavy atom. The molecule has 0 amide bonds. The van der Waals surface area contributed by atoms with Crippen LogP contribution in [0.4, 0.5) is 0 Å². The lowest BCUT2D eigenvalue weighted by molar-refractivity contribution is -0.137. The second-order valence-electron chi connectivity index (χ2n) is 5.02. The van der Waals surface area contributed by atoms with Gasteiger partial charge in [-0.1, -0.05) is 25.7 Å². The van der Waals surface area contributed by atoms with Crippen molar-refractivity contribution in [2.75, 3.05) is 0 Å². The molecule has 1 aliphatic carbocycles. The van der Waals surface area contributed by atoms with Crippen molar-refractivity contribution >= 4 is 5.97 Å². The van der Waals surface area contributed by atoms with E-state index in [2.05, 4.69) is 0 Å². The molecule has 0 aliphatic heterocycles. The van der Waals surface area contributed by atoms with E-state index in [1.54, 1.807) is 0 Å². The molecular formula is C13H24O3. The molecule has 0 bridgehead atoms. The Morgan fingerprint density at radius 1 is 1.00 bits per heavy atom. The number of hydrogen-bond acceptors (Lipinski definition) is 2. The molecule has 0 spiro atoms. The fourth-order valence-corrected chi connectivity index (χ4v) is 2.50. The first-order chi connectivity index (χ1) is 7.68. The monoisotopic (exact) mass is 228 g/mol. The quantitative estimate of drug-likeness (QED) is 0.659. The number of aliphatic carboxylic acids is 1. The van der Waals surface area contributed by atoms with E-state index in [9.17, 15) is 9.90 Å². The van der Waals surface area contributed by atoms with Gasteiger partial charge in [-0.05, 0) is 38.0 Å². The lowest BCUT2D eigenvalue weighted by atomic mass is 9.84. The fourth-order valence-electron chi connectivity index (χ4n) is 2.50. The Morgan fingerprint density at radius 2 is 1.62 bits per heavy atom. The van der Waals surface area contributed by atoms with Gasteiger partial charge in [0.1, 0.15) is 0 Å². The highest BCUT2D eigenvalue weighted by Gasteiger charge is 2.18. The van der Waals surface area contributed by atoms with Gasteiger partial charge < -0.3 is 10.2 Å². The summed E-state index contributed by atoms with van der Waals surface area (Å²) in [5.41, 5.74) is 0. The number of aliphatic hydroxyl groups excluding tert-OH is 1. The molecule has 2 N–H and O–H groups in total. The van der Waals surface area contributed by atoms with Crippen molar-refractivity contribution in [2.45, 2.75) is 70.3 Å². The van der Waals surface area contributed by atoms with Crippen molar-refractivity contribution in [1.82, 2.24) is 0 Å². The number of unbranched alkanes of at least 4 members (excludes halogenated alkanes) is 3. The van der Waals surface area contributed by atoms with Crippen molar-refractivity contribution in [3.63, 3.8) is 0 Å². The van der Waals surface area contributed by atoms with Crippen molar-refractivity contribution in [1.29, 1.82) is 0 Å². The lowest BCUT2D eigenvalue weighted by Gasteiger charge is -2.25. The maximum absolute atomic E-state index is 10.3. The summed E-state index contributed by atoms with van der Waals surface area (Å²) >= 11 is 0. The van der Waals surface area contributed by atoms with Crippen LogP contribution in [0.1, 0.15) is 64.2 Å². The van der Waals surface area contributed by atoms with Crippen molar-refractivity contribution in [2.24, 2.45) is 5.92 Å². The molecule has 0 atom stereocenters. The van der Waals surface area contributed by atoms with E-state index in [0.717, 1.165) is 38.0 Å². The Bertz CT molecular complexity index is 195. The summed E-state index contributed by atoms with van der Waals surface area (Å²) in [5, 5.41) is 17.8. The van der Waals surface area contributed by atoms with Gasteiger partial charge in [0.2, 0.25) is 0 Å². The first kappa shape index (κ1) is 13.5. The van der Waals surface area contributed by atoms with Crippen LogP contribution in [-0.4, -0.2) is 22.3 Å². The molecule has 3 heteroatoms. The van der Waals surface area contributed by atoms with Gasteiger partial charge in [0.25, 0.3) is 0 Å². The third-order valence-corrected chi connectivity index (χ3v) is 3.57. The number of carboxylic acids is 1. The predicted molar refractivity (Wildman–Crippen MR) is 63.3 cm³/mol. The average Bonchev–Trinajstić information content (AvgIpc) is 2.25. The zero-order valence-electron chi connectivity index (χ0n) is 10.0. The summed E-state index contributed by atoms with van der Waals surface area (Å²) in [6.45, 7) is 0. The number of rotatable bonds is 7. The van der Waals surface area contributed by atoms with Crippen LogP contribution in [0.3, 0.4) is 0 Å². The summed E-state index contributed by atoms with van der Waals surface area (Å²) in [6.07, 6.45) is 10.1. The molecule has 0 aromatic heterocycles. The Kier molecular flexibility index (Phi) is 6.46. The van der Waals surface area contributed by atoms with Crippen LogP contribution in [0.2, 0.25) is 0 Å². The Labute approximate surface area is 97.9 Å². The first-order valence-electron chi connectivity index (χ1n) is 6.58. The summed E-state index contributed by atoms with van der Waals surface area (Å²) in [4.78, 5) is 10.3. The molecule has 0 aromatic rings. The van der Waals surface area contributed by atoms with Crippen molar-refractivity contribution < 1.29 is 15.0 Å². The van der Waals surface area contributed by atoms with Gasteiger partial charge in [-0.2, -0.15) is 0 Å². The molecular weight excluding hydrogens is 204 g/mol. The molecule has 16 heavy (non-hydrogen) atoms. The van der Waals surface area contributed by atoms with Gasteiger partial charge in [-0.3, -0.25) is 4.79 Å². The molecule has 0 heterocycles. The van der Waals surface area contributed by atoms with Crippen LogP contribution in [0, 0.1) is 5.92 Å². The summed E-state index contributed by atoms with van der Waals surface area (Å²) < 4.78 is 0. The zero-order valence-corrected chi connectivity index (χ0v) is 10.0. The summed E-state index contributed by atoms with van der Waals surface area (Å²) in [7, 11) is 0. The maximum Gasteiger partial charge on any atom is 0.303 e. The third kappa shape index (κ3) is 6.11. The first-order valence-corrected chi connectivity index (χ1v) is 6.58. The molecule has 0 aromatic carbocycles. The molecule has 1 aliphatic rings. The second kappa shape index (κ2) is 7.66. The highest BCUT2D eigenvalue weighted by Crippen LogP contribution is 2.28. The largest absolute Gasteiger partial charge is 0.481 e. The van der Waals surface area contributed by atoms with Crippen LogP contribution < -0.4 is 0 Å². The minimum atomic E-state index is -0.679. The van der Waals surface area contributed by atoms with E-state index in [1.165, 1.54) is 25.7 Å². The molecule has 3 nitrogen and oxygen atoms in total. The third-order valence-electron chi connectivity index (χ3n) is 3.57. The van der Waals surface area contributed by atoms with Gasteiger partial charge in [0.05, 0.1) is 6.10 Å². The highest BCUT2D eigenvalue weighted by molar-refractivity contribution is 5.66. The van der Waals surface area contributed by atoms with Crippen molar-refractivity contribution in [3.05, 3.63) is 0 Å². The van der Waals surface area contributed by atoms with E-state index in [4.69, 9.17) is 5.11 Å². The molecule has 1 rings (SSSR count). The van der Waals surface area contributed by atoms with E-state index in [-0.39, 0.29) is 6.10 Å². The van der Waals surface area contributed by atoms with Gasteiger partial charge in [-0.25, -0.2) is 0 Å². The molecule has 1 saturated carbocycles. The minimum absolute atomic E-state index is 0.0492. The molecule has 0 saturated heterocycles. The highest BCUT2D eigenvalue weighted by atomic mass is 16.4. The lowest BCUT2D eigenvalue weighted by Crippen LogP contribution is -2.17. The number of aliphatic hydroxyl groups is 1. The van der Waals surface area contributed by atoms with Crippen LogP contribution in [0.15, 0.2) is 0 Å². The smallest absolute Gasteiger partial charge is 0.303 e. The SMILES string of the molecule is O=C(O)CCCCCCC1CCC(O)CC1. The van der Waals surface area contributed by atoms with Crippen LogP contribution in [-0.2, 0) is 4.79 Å². The number of hydrogen-bond donors (Lipinski definition) is 2. The van der Waals surface area contributed by atoms with Crippen molar-refractivity contribution in [3.8, 4) is 0 Å². The van der Waals surface area contributed by atoms with Gasteiger partial charge in [-0.15, -0.1) is 0 Å². The fraction of sp³-hybridized carbons (Fsp3) is 0.923. The van der Waals surface area contributed by atoms with Gasteiger partial charge in [0, 0.05) is 6.42 Å². The van der Waals surface area contributed by atoms with E-state index >= 15 is 0 Å². The number of carbonyl (C=O) groups is 1. The topological polar surface area (TPSA) is 57.5 Å². The minimum Gasteiger partial charge on any atom is -0.481 e. The van der Waals surface area contributed by atoms with Crippen LogP contribution in [0.5, 0.6) is 0 Å². The van der Waals surface area contributed by atoms with Crippen LogP contribution >= 0.6 is 0 Å². The van der Waals surface area contributed by atoms with Crippen LogP contribution in [0.25, 0.3) is 0 Å². The normalized spacial score (nSPS) is 25.6. The second-order valence-corrected chi connectivity index (χ2v) is 5.02. The molecule has 0 radical (unpaired) electrons.